The molecular formula is C34H41FN4O4. The van der Waals surface area contributed by atoms with Crippen LogP contribution in [0.4, 0.5) is 14.9 Å². The number of aromatic nitrogens is 2. The van der Waals surface area contributed by atoms with Gasteiger partial charge in [0, 0.05) is 17.6 Å². The Kier molecular flexibility index (Phi) is 7.67. The van der Waals surface area contributed by atoms with Crippen molar-refractivity contribution < 1.29 is 23.6 Å². The number of carbonyl (C=O) groups is 1. The highest BCUT2D eigenvalue weighted by atomic mass is 19.1. The highest BCUT2D eigenvalue weighted by Gasteiger charge is 2.53. The summed E-state index contributed by atoms with van der Waals surface area (Å²) >= 11 is 0. The maximum absolute atomic E-state index is 14.5. The maximum Gasteiger partial charge on any atom is 0.420 e. The summed E-state index contributed by atoms with van der Waals surface area (Å²) in [5.41, 5.74) is -0.931. The van der Waals surface area contributed by atoms with E-state index in [1.807, 2.05) is 48.5 Å². The molecule has 2 aromatic carbocycles. The van der Waals surface area contributed by atoms with E-state index < -0.39 is 23.1 Å². The number of carbonyl (C=O) groups excluding carboxylic acids is 1. The van der Waals surface area contributed by atoms with Crippen LogP contribution in [0.5, 0.6) is 0 Å². The molecule has 43 heavy (non-hydrogen) atoms. The molecule has 3 fully saturated rings. The molecule has 6 rings (SSSR count). The molecule has 0 aliphatic heterocycles. The van der Waals surface area contributed by atoms with Crippen LogP contribution in [0, 0.1) is 12.0 Å². The fourth-order valence-corrected chi connectivity index (χ4v) is 6.33. The SMILES string of the molecule is [C-]#[N+]C(C)(C)OC(=O)N(CC12CCC(c3noc(C(C)(C)F)n3)(CC1)CC2)c1cccc(-c2ccc(C(C)(C)O)cc2)c1. The number of hydrogen-bond acceptors (Lipinski definition) is 6. The van der Waals surface area contributed by atoms with Crippen LogP contribution in [0.2, 0.25) is 0 Å². The Hall–Kier alpha value is -3.77. The van der Waals surface area contributed by atoms with Gasteiger partial charge in [0.25, 0.3) is 5.89 Å². The third kappa shape index (κ3) is 6.30. The molecule has 0 spiro atoms. The Bertz CT molecular complexity index is 1500. The molecule has 0 unspecified atom stereocenters. The Balaban J connectivity index is 1.41. The summed E-state index contributed by atoms with van der Waals surface area (Å²) in [6, 6.07) is 15.5. The number of amides is 1. The minimum Gasteiger partial charge on any atom is -0.386 e. The Morgan fingerprint density at radius 1 is 1.02 bits per heavy atom. The van der Waals surface area contributed by atoms with Gasteiger partial charge in [-0.05, 0) is 100 Å². The normalized spacial score (nSPS) is 22.2. The number of aliphatic hydroxyl groups is 1. The summed E-state index contributed by atoms with van der Waals surface area (Å²) in [5.74, 6) is 0.588. The Morgan fingerprint density at radius 3 is 2.19 bits per heavy atom. The van der Waals surface area contributed by atoms with Crippen molar-refractivity contribution in [2.75, 3.05) is 11.4 Å². The summed E-state index contributed by atoms with van der Waals surface area (Å²) in [6.07, 6.45) is 4.46. The Morgan fingerprint density at radius 2 is 1.65 bits per heavy atom. The van der Waals surface area contributed by atoms with E-state index >= 15 is 0 Å². The van der Waals surface area contributed by atoms with Crippen LogP contribution < -0.4 is 4.90 Å². The largest absolute Gasteiger partial charge is 0.420 e. The summed E-state index contributed by atoms with van der Waals surface area (Å²) in [6.45, 7) is 17.4. The number of alkyl halides is 1. The molecular weight excluding hydrogens is 547 g/mol. The molecule has 8 nitrogen and oxygen atoms in total. The molecule has 0 radical (unpaired) electrons. The number of fused-ring (bicyclic) bond motifs is 3. The molecule has 2 bridgehead atoms. The molecule has 3 saturated carbocycles. The first-order chi connectivity index (χ1) is 20.0. The third-order valence-electron chi connectivity index (χ3n) is 9.21. The minimum atomic E-state index is -1.69. The van der Waals surface area contributed by atoms with Crippen LogP contribution in [0.15, 0.2) is 53.1 Å². The monoisotopic (exact) mass is 588 g/mol. The number of ether oxygens (including phenoxy) is 1. The zero-order valence-electron chi connectivity index (χ0n) is 25.9. The van der Waals surface area contributed by atoms with Crippen molar-refractivity contribution in [1.82, 2.24) is 10.1 Å². The molecule has 9 heteroatoms. The van der Waals surface area contributed by atoms with Crippen molar-refractivity contribution in [1.29, 1.82) is 0 Å². The zero-order chi connectivity index (χ0) is 31.3. The van der Waals surface area contributed by atoms with Crippen LogP contribution in [-0.2, 0) is 21.4 Å². The van der Waals surface area contributed by atoms with Crippen molar-refractivity contribution in [3.8, 4) is 11.1 Å². The average Bonchev–Trinajstić information content (AvgIpc) is 3.49. The second kappa shape index (κ2) is 10.7. The second-order valence-corrected chi connectivity index (χ2v) is 13.9. The number of halogens is 1. The van der Waals surface area contributed by atoms with E-state index in [4.69, 9.17) is 15.8 Å². The van der Waals surface area contributed by atoms with E-state index in [2.05, 4.69) is 15.0 Å². The maximum atomic E-state index is 14.5. The van der Waals surface area contributed by atoms with Crippen LogP contribution in [0.3, 0.4) is 0 Å². The van der Waals surface area contributed by atoms with Gasteiger partial charge in [0.2, 0.25) is 0 Å². The molecule has 0 atom stereocenters. The lowest BCUT2D eigenvalue weighted by atomic mass is 9.53. The van der Waals surface area contributed by atoms with Crippen molar-refractivity contribution in [3.05, 3.63) is 77.2 Å². The molecule has 3 aliphatic rings. The van der Waals surface area contributed by atoms with Gasteiger partial charge in [0.1, 0.15) is 0 Å². The summed E-state index contributed by atoms with van der Waals surface area (Å²) < 4.78 is 25.5. The first-order valence-electron chi connectivity index (χ1n) is 14.9. The highest BCUT2D eigenvalue weighted by molar-refractivity contribution is 5.89. The lowest BCUT2D eigenvalue weighted by Gasteiger charge is -2.53. The number of nitrogens with zero attached hydrogens (tertiary/aromatic N) is 4. The van der Waals surface area contributed by atoms with E-state index in [1.165, 1.54) is 13.8 Å². The van der Waals surface area contributed by atoms with Gasteiger partial charge in [0.15, 0.2) is 11.5 Å². The van der Waals surface area contributed by atoms with Gasteiger partial charge in [-0.2, -0.15) is 4.98 Å². The molecule has 3 aromatic rings. The van der Waals surface area contributed by atoms with Crippen LogP contribution >= 0.6 is 0 Å². The number of hydrogen-bond donors (Lipinski definition) is 1. The minimum absolute atomic E-state index is 0.00484. The molecule has 1 amide bonds. The van der Waals surface area contributed by atoms with Crippen molar-refractivity contribution in [2.24, 2.45) is 5.41 Å². The number of rotatable bonds is 8. The van der Waals surface area contributed by atoms with Gasteiger partial charge in [-0.1, -0.05) is 41.6 Å². The Labute approximate surface area is 253 Å². The zero-order valence-corrected chi connectivity index (χ0v) is 25.9. The summed E-state index contributed by atoms with van der Waals surface area (Å²) in [5, 5.41) is 14.5. The van der Waals surface area contributed by atoms with Crippen molar-refractivity contribution in [3.63, 3.8) is 0 Å². The fourth-order valence-electron chi connectivity index (χ4n) is 6.33. The number of benzene rings is 2. The predicted molar refractivity (Wildman–Crippen MR) is 162 cm³/mol. The van der Waals surface area contributed by atoms with Crippen LogP contribution in [-0.4, -0.2) is 33.6 Å². The lowest BCUT2D eigenvalue weighted by molar-refractivity contribution is 0.0340. The average molecular weight is 589 g/mol. The molecule has 0 saturated heterocycles. The van der Waals surface area contributed by atoms with E-state index in [-0.39, 0.29) is 16.7 Å². The predicted octanol–water partition coefficient (Wildman–Crippen LogP) is 8.06. The fraction of sp³-hybridized carbons (Fsp3) is 0.529. The van der Waals surface area contributed by atoms with Crippen molar-refractivity contribution in [2.45, 2.75) is 102 Å². The van der Waals surface area contributed by atoms with E-state index in [0.717, 1.165) is 55.2 Å². The third-order valence-corrected chi connectivity index (χ3v) is 9.21. The lowest BCUT2D eigenvalue weighted by Crippen LogP contribution is -2.51. The topological polar surface area (TPSA) is 93.0 Å². The van der Waals surface area contributed by atoms with E-state index in [9.17, 15) is 14.3 Å². The smallest absolute Gasteiger partial charge is 0.386 e. The standard InChI is InChI=1S/C34H41FN4O4/c1-30(2,35)28-37-27(38-43-28)34-18-15-33(16-19-34,17-20-34)22-39(29(40)42-32(5,6)36-7)26-10-8-9-24(21-26)23-11-13-25(14-12-23)31(3,4)41/h8-14,21,41H,15-20,22H2,1-6H3. The van der Waals surface area contributed by atoms with Crippen LogP contribution in [0.25, 0.3) is 16.0 Å². The summed E-state index contributed by atoms with van der Waals surface area (Å²) in [4.78, 5) is 23.3. The summed E-state index contributed by atoms with van der Waals surface area (Å²) in [7, 11) is 0. The van der Waals surface area contributed by atoms with E-state index in [0.29, 0.717) is 18.1 Å². The van der Waals surface area contributed by atoms with E-state index in [1.54, 1.807) is 32.6 Å². The first-order valence-corrected chi connectivity index (χ1v) is 14.9. The molecule has 228 valence electrons. The van der Waals surface area contributed by atoms with Gasteiger partial charge < -0.3 is 14.4 Å². The van der Waals surface area contributed by atoms with Gasteiger partial charge in [0.05, 0.1) is 19.4 Å². The second-order valence-electron chi connectivity index (χ2n) is 13.9. The van der Waals surface area contributed by atoms with Crippen LogP contribution in [0.1, 0.15) is 97.3 Å². The molecule has 1 N–H and O–H groups in total. The first kappa shape index (κ1) is 30.7. The molecule has 1 heterocycles. The number of anilines is 1. The van der Waals surface area contributed by atoms with Gasteiger partial charge in [-0.25, -0.2) is 15.8 Å². The highest BCUT2D eigenvalue weighted by Crippen LogP contribution is 2.57. The molecule has 1 aromatic heterocycles. The quantitative estimate of drug-likeness (QED) is 0.268. The van der Waals surface area contributed by atoms with Gasteiger partial charge >= 0.3 is 11.8 Å². The van der Waals surface area contributed by atoms with Gasteiger partial charge in [-0.15, -0.1) is 0 Å². The molecule has 3 aliphatic carbocycles. The van der Waals surface area contributed by atoms with Gasteiger partial charge in [-0.3, -0.25) is 9.74 Å². The van der Waals surface area contributed by atoms with Crippen molar-refractivity contribution >= 4 is 11.8 Å².